The van der Waals surface area contributed by atoms with E-state index in [2.05, 4.69) is 29.1 Å². The van der Waals surface area contributed by atoms with Gasteiger partial charge in [-0.15, -0.1) is 11.3 Å². The number of amides is 1. The van der Waals surface area contributed by atoms with Crippen molar-refractivity contribution in [1.29, 1.82) is 0 Å². The number of pyridine rings is 1. The SMILES string of the molecule is CC(C)CCNC(=O)CCc1csc(-c2ccncc2)n1. The molecule has 2 rings (SSSR count). The van der Waals surface area contributed by atoms with E-state index in [0.29, 0.717) is 18.8 Å². The van der Waals surface area contributed by atoms with Gasteiger partial charge in [-0.1, -0.05) is 13.8 Å². The van der Waals surface area contributed by atoms with Crippen LogP contribution in [0.5, 0.6) is 0 Å². The summed E-state index contributed by atoms with van der Waals surface area (Å²) in [4.78, 5) is 20.3. The number of hydrogen-bond donors (Lipinski definition) is 1. The average Bonchev–Trinajstić information content (AvgIpc) is 2.94. The largest absolute Gasteiger partial charge is 0.356 e. The Hall–Kier alpha value is -1.75. The Labute approximate surface area is 129 Å². The summed E-state index contributed by atoms with van der Waals surface area (Å²) in [5, 5.41) is 5.96. The maximum atomic E-state index is 11.7. The fourth-order valence-electron chi connectivity index (χ4n) is 1.88. The maximum absolute atomic E-state index is 11.7. The Morgan fingerprint density at radius 3 is 2.81 bits per heavy atom. The van der Waals surface area contributed by atoms with E-state index >= 15 is 0 Å². The van der Waals surface area contributed by atoms with Gasteiger partial charge >= 0.3 is 0 Å². The van der Waals surface area contributed by atoms with Gasteiger partial charge in [0.2, 0.25) is 5.91 Å². The normalized spacial score (nSPS) is 10.8. The van der Waals surface area contributed by atoms with Crippen molar-refractivity contribution in [2.45, 2.75) is 33.1 Å². The molecule has 0 spiro atoms. The second-order valence-electron chi connectivity index (χ2n) is 5.41. The molecule has 2 aromatic heterocycles. The number of aryl methyl sites for hydroxylation is 1. The van der Waals surface area contributed by atoms with E-state index in [1.54, 1.807) is 23.7 Å². The van der Waals surface area contributed by atoms with Crippen LogP contribution >= 0.6 is 11.3 Å². The van der Waals surface area contributed by atoms with Crippen LogP contribution in [0.2, 0.25) is 0 Å². The molecule has 0 saturated heterocycles. The number of thiazole rings is 1. The number of hydrogen-bond acceptors (Lipinski definition) is 4. The van der Waals surface area contributed by atoms with Crippen LogP contribution in [-0.2, 0) is 11.2 Å². The number of nitrogens with one attached hydrogen (secondary N) is 1. The van der Waals surface area contributed by atoms with Gasteiger partial charge in [0.1, 0.15) is 5.01 Å². The van der Waals surface area contributed by atoms with Crippen molar-refractivity contribution in [3.8, 4) is 10.6 Å². The summed E-state index contributed by atoms with van der Waals surface area (Å²) in [6, 6.07) is 3.89. The second-order valence-corrected chi connectivity index (χ2v) is 6.27. The molecule has 0 aromatic carbocycles. The van der Waals surface area contributed by atoms with Gasteiger partial charge in [0.15, 0.2) is 0 Å². The number of carbonyl (C=O) groups excluding carboxylic acids is 1. The fourth-order valence-corrected chi connectivity index (χ4v) is 2.74. The molecule has 0 aliphatic heterocycles. The predicted octanol–water partition coefficient (Wildman–Crippen LogP) is 3.30. The zero-order valence-corrected chi connectivity index (χ0v) is 13.3. The monoisotopic (exact) mass is 303 g/mol. The molecular formula is C16H21N3OS. The molecule has 112 valence electrons. The number of nitrogens with zero attached hydrogens (tertiary/aromatic N) is 2. The summed E-state index contributed by atoms with van der Waals surface area (Å²) in [5.74, 6) is 0.723. The van der Waals surface area contributed by atoms with Crippen molar-refractivity contribution >= 4 is 17.2 Å². The molecule has 0 saturated carbocycles. The van der Waals surface area contributed by atoms with E-state index in [9.17, 15) is 4.79 Å². The first-order valence-corrected chi connectivity index (χ1v) is 8.14. The summed E-state index contributed by atoms with van der Waals surface area (Å²) in [7, 11) is 0. The fraction of sp³-hybridized carbons (Fsp3) is 0.438. The summed E-state index contributed by atoms with van der Waals surface area (Å²) in [6.07, 6.45) is 5.73. The minimum Gasteiger partial charge on any atom is -0.356 e. The highest BCUT2D eigenvalue weighted by Crippen LogP contribution is 2.23. The molecule has 0 aliphatic carbocycles. The molecule has 0 aliphatic rings. The van der Waals surface area contributed by atoms with Gasteiger partial charge in [0.05, 0.1) is 5.69 Å². The van der Waals surface area contributed by atoms with Crippen LogP contribution in [-0.4, -0.2) is 22.4 Å². The molecule has 2 heterocycles. The average molecular weight is 303 g/mol. The highest BCUT2D eigenvalue weighted by Gasteiger charge is 2.07. The van der Waals surface area contributed by atoms with Crippen LogP contribution in [0.3, 0.4) is 0 Å². The van der Waals surface area contributed by atoms with Gasteiger partial charge in [-0.25, -0.2) is 4.98 Å². The summed E-state index contributed by atoms with van der Waals surface area (Å²) < 4.78 is 0. The van der Waals surface area contributed by atoms with Gasteiger partial charge in [-0.05, 0) is 30.9 Å². The Morgan fingerprint density at radius 1 is 1.33 bits per heavy atom. The molecule has 5 heteroatoms. The minimum absolute atomic E-state index is 0.106. The van der Waals surface area contributed by atoms with Crippen molar-refractivity contribution in [3.05, 3.63) is 35.6 Å². The highest BCUT2D eigenvalue weighted by atomic mass is 32.1. The molecule has 2 aromatic rings. The predicted molar refractivity (Wildman–Crippen MR) is 86.1 cm³/mol. The lowest BCUT2D eigenvalue weighted by Crippen LogP contribution is -2.25. The van der Waals surface area contributed by atoms with E-state index < -0.39 is 0 Å². The van der Waals surface area contributed by atoms with Crippen molar-refractivity contribution in [3.63, 3.8) is 0 Å². The van der Waals surface area contributed by atoms with Gasteiger partial charge < -0.3 is 5.32 Å². The lowest BCUT2D eigenvalue weighted by Gasteiger charge is -2.06. The van der Waals surface area contributed by atoms with Crippen LogP contribution in [0, 0.1) is 5.92 Å². The smallest absolute Gasteiger partial charge is 0.220 e. The van der Waals surface area contributed by atoms with Crippen LogP contribution < -0.4 is 5.32 Å². The Balaban J connectivity index is 1.79. The van der Waals surface area contributed by atoms with Crippen LogP contribution in [0.4, 0.5) is 0 Å². The third-order valence-corrected chi connectivity index (χ3v) is 4.07. The lowest BCUT2D eigenvalue weighted by molar-refractivity contribution is -0.121. The molecule has 0 atom stereocenters. The van der Waals surface area contributed by atoms with Gasteiger partial charge in [-0.3, -0.25) is 9.78 Å². The number of rotatable bonds is 7. The topological polar surface area (TPSA) is 54.9 Å². The van der Waals surface area contributed by atoms with E-state index in [1.165, 1.54) is 0 Å². The summed E-state index contributed by atoms with van der Waals surface area (Å²) in [5.41, 5.74) is 2.05. The van der Waals surface area contributed by atoms with E-state index in [4.69, 9.17) is 0 Å². The van der Waals surface area contributed by atoms with E-state index in [0.717, 1.165) is 29.2 Å². The number of aromatic nitrogens is 2. The molecule has 1 amide bonds. The zero-order chi connectivity index (χ0) is 15.1. The molecular weight excluding hydrogens is 282 g/mol. The molecule has 0 bridgehead atoms. The first kappa shape index (κ1) is 15.6. The third kappa shape index (κ3) is 5.27. The maximum Gasteiger partial charge on any atom is 0.220 e. The van der Waals surface area contributed by atoms with Crippen molar-refractivity contribution in [2.75, 3.05) is 6.54 Å². The molecule has 0 unspecified atom stereocenters. The second kappa shape index (κ2) is 7.88. The Kier molecular flexibility index (Phi) is 5.87. The standard InChI is InChI=1S/C16H21N3OS/c1-12(2)5-10-18-15(20)4-3-14-11-21-16(19-14)13-6-8-17-9-7-13/h6-9,11-12H,3-5,10H2,1-2H3,(H,18,20). The van der Waals surface area contributed by atoms with Crippen LogP contribution in [0.25, 0.3) is 10.6 Å². The quantitative estimate of drug-likeness (QED) is 0.854. The number of carbonyl (C=O) groups is 1. The summed E-state index contributed by atoms with van der Waals surface area (Å²) in [6.45, 7) is 5.07. The minimum atomic E-state index is 0.106. The van der Waals surface area contributed by atoms with E-state index in [-0.39, 0.29) is 5.91 Å². The molecule has 21 heavy (non-hydrogen) atoms. The van der Waals surface area contributed by atoms with Crippen molar-refractivity contribution < 1.29 is 4.79 Å². The van der Waals surface area contributed by atoms with Crippen LogP contribution in [0.1, 0.15) is 32.4 Å². The molecule has 0 fully saturated rings. The molecule has 4 nitrogen and oxygen atoms in total. The van der Waals surface area contributed by atoms with Gasteiger partial charge in [0, 0.05) is 36.3 Å². The van der Waals surface area contributed by atoms with Gasteiger partial charge in [0.25, 0.3) is 0 Å². The van der Waals surface area contributed by atoms with Crippen molar-refractivity contribution in [1.82, 2.24) is 15.3 Å². The lowest BCUT2D eigenvalue weighted by atomic mass is 10.1. The third-order valence-electron chi connectivity index (χ3n) is 3.13. The summed E-state index contributed by atoms with van der Waals surface area (Å²) >= 11 is 1.61. The first-order valence-electron chi connectivity index (χ1n) is 7.26. The van der Waals surface area contributed by atoms with Crippen LogP contribution in [0.15, 0.2) is 29.9 Å². The first-order chi connectivity index (χ1) is 10.1. The molecule has 0 radical (unpaired) electrons. The highest BCUT2D eigenvalue weighted by molar-refractivity contribution is 7.13. The van der Waals surface area contributed by atoms with Crippen molar-refractivity contribution in [2.24, 2.45) is 5.92 Å². The Morgan fingerprint density at radius 2 is 2.10 bits per heavy atom. The molecule has 1 N–H and O–H groups in total. The van der Waals surface area contributed by atoms with Gasteiger partial charge in [-0.2, -0.15) is 0 Å². The Bertz CT molecular complexity index is 566. The van der Waals surface area contributed by atoms with E-state index in [1.807, 2.05) is 17.5 Å². The zero-order valence-electron chi connectivity index (χ0n) is 12.5.